The van der Waals surface area contributed by atoms with Gasteiger partial charge < -0.3 is 10.4 Å². The van der Waals surface area contributed by atoms with E-state index in [2.05, 4.69) is 50.4 Å². The van der Waals surface area contributed by atoms with Crippen LogP contribution in [0.1, 0.15) is 38.3 Å². The summed E-state index contributed by atoms with van der Waals surface area (Å²) in [7, 11) is 0. The van der Waals surface area contributed by atoms with Crippen LogP contribution in [0.15, 0.2) is 24.3 Å². The first-order valence-corrected chi connectivity index (χ1v) is 6.92. The van der Waals surface area contributed by atoms with Crippen molar-refractivity contribution in [3.63, 3.8) is 0 Å². The van der Waals surface area contributed by atoms with Crippen LogP contribution in [0, 0.1) is 5.92 Å². The molecule has 1 aromatic carbocycles. The normalized spacial score (nSPS) is 22.4. The SMILES string of the molecule is CC(C)(C)c1ccc(C[C@@H]2CN[C@@H](C(=O)O)C2)cc1.Cl. The van der Waals surface area contributed by atoms with Gasteiger partial charge in [0.15, 0.2) is 0 Å². The van der Waals surface area contributed by atoms with Gasteiger partial charge in [0.25, 0.3) is 0 Å². The van der Waals surface area contributed by atoms with Crippen molar-refractivity contribution in [3.8, 4) is 0 Å². The minimum absolute atomic E-state index is 0. The Bertz CT molecular complexity index is 451. The molecule has 0 aliphatic carbocycles. The highest BCUT2D eigenvalue weighted by atomic mass is 35.5. The van der Waals surface area contributed by atoms with Crippen LogP contribution < -0.4 is 5.32 Å². The number of carboxylic acid groups (broad SMARTS) is 1. The average molecular weight is 298 g/mol. The van der Waals surface area contributed by atoms with Gasteiger partial charge in [-0.3, -0.25) is 4.79 Å². The molecule has 1 fully saturated rings. The molecule has 0 spiro atoms. The number of rotatable bonds is 3. The third kappa shape index (κ3) is 4.22. The molecule has 0 amide bonds. The molecule has 0 aromatic heterocycles. The fourth-order valence-electron chi connectivity index (χ4n) is 2.63. The summed E-state index contributed by atoms with van der Waals surface area (Å²) >= 11 is 0. The quantitative estimate of drug-likeness (QED) is 0.902. The van der Waals surface area contributed by atoms with Crippen LogP contribution in [-0.2, 0) is 16.6 Å². The topological polar surface area (TPSA) is 49.3 Å². The Hall–Kier alpha value is -1.06. The highest BCUT2D eigenvalue weighted by molar-refractivity contribution is 5.85. The number of carbonyl (C=O) groups is 1. The predicted octanol–water partition coefficient (Wildman–Crippen LogP) is 3.01. The van der Waals surface area contributed by atoms with Gasteiger partial charge in [0, 0.05) is 0 Å². The minimum atomic E-state index is -0.731. The summed E-state index contributed by atoms with van der Waals surface area (Å²) in [6.45, 7) is 7.43. The van der Waals surface area contributed by atoms with E-state index < -0.39 is 5.97 Å². The van der Waals surface area contributed by atoms with E-state index in [9.17, 15) is 4.79 Å². The molecule has 2 rings (SSSR count). The molecule has 3 nitrogen and oxygen atoms in total. The molecule has 0 saturated carbocycles. The molecular formula is C16H24ClNO2. The van der Waals surface area contributed by atoms with Gasteiger partial charge in [-0.05, 0) is 41.8 Å². The van der Waals surface area contributed by atoms with E-state index in [-0.39, 0.29) is 23.9 Å². The lowest BCUT2D eigenvalue weighted by molar-refractivity contribution is -0.139. The third-order valence-electron chi connectivity index (χ3n) is 3.86. The van der Waals surface area contributed by atoms with Crippen molar-refractivity contribution >= 4 is 18.4 Å². The van der Waals surface area contributed by atoms with Crippen LogP contribution in [-0.4, -0.2) is 23.7 Å². The summed E-state index contributed by atoms with van der Waals surface area (Å²) in [4.78, 5) is 10.9. The van der Waals surface area contributed by atoms with Gasteiger partial charge in [0.1, 0.15) is 6.04 Å². The molecule has 2 N–H and O–H groups in total. The Labute approximate surface area is 127 Å². The molecule has 20 heavy (non-hydrogen) atoms. The van der Waals surface area contributed by atoms with Gasteiger partial charge >= 0.3 is 5.97 Å². The Balaban J connectivity index is 0.00000200. The van der Waals surface area contributed by atoms with Crippen molar-refractivity contribution in [2.45, 2.75) is 45.1 Å². The van der Waals surface area contributed by atoms with Crippen molar-refractivity contribution in [1.29, 1.82) is 0 Å². The molecule has 1 heterocycles. The van der Waals surface area contributed by atoms with Crippen LogP contribution in [0.2, 0.25) is 0 Å². The summed E-state index contributed by atoms with van der Waals surface area (Å²) in [6.07, 6.45) is 1.69. The van der Waals surface area contributed by atoms with E-state index in [0.717, 1.165) is 19.4 Å². The second-order valence-electron chi connectivity index (χ2n) is 6.55. The van der Waals surface area contributed by atoms with Gasteiger partial charge in [-0.1, -0.05) is 45.0 Å². The molecular weight excluding hydrogens is 274 g/mol. The fourth-order valence-corrected chi connectivity index (χ4v) is 2.63. The number of halogens is 1. The number of benzene rings is 1. The zero-order valence-electron chi connectivity index (χ0n) is 12.3. The number of aliphatic carboxylic acids is 1. The van der Waals surface area contributed by atoms with Crippen molar-refractivity contribution in [2.24, 2.45) is 5.92 Å². The smallest absolute Gasteiger partial charge is 0.320 e. The molecule has 1 aliphatic rings. The van der Waals surface area contributed by atoms with Gasteiger partial charge in [-0.2, -0.15) is 0 Å². The first-order chi connectivity index (χ1) is 8.86. The monoisotopic (exact) mass is 297 g/mol. The summed E-state index contributed by atoms with van der Waals surface area (Å²) in [5.74, 6) is -0.299. The van der Waals surface area contributed by atoms with Crippen LogP contribution in [0.5, 0.6) is 0 Å². The zero-order chi connectivity index (χ0) is 14.0. The highest BCUT2D eigenvalue weighted by Crippen LogP contribution is 2.24. The van der Waals surface area contributed by atoms with Gasteiger partial charge in [0.2, 0.25) is 0 Å². The van der Waals surface area contributed by atoms with E-state index in [4.69, 9.17) is 5.11 Å². The van der Waals surface area contributed by atoms with Crippen LogP contribution in [0.4, 0.5) is 0 Å². The number of carboxylic acids is 1. The molecule has 1 saturated heterocycles. The van der Waals surface area contributed by atoms with E-state index >= 15 is 0 Å². The highest BCUT2D eigenvalue weighted by Gasteiger charge is 2.29. The van der Waals surface area contributed by atoms with E-state index in [1.165, 1.54) is 11.1 Å². The average Bonchev–Trinajstić information content (AvgIpc) is 2.77. The molecule has 0 bridgehead atoms. The second-order valence-corrected chi connectivity index (χ2v) is 6.55. The van der Waals surface area contributed by atoms with Crippen molar-refractivity contribution < 1.29 is 9.90 Å². The maximum Gasteiger partial charge on any atom is 0.320 e. The van der Waals surface area contributed by atoms with Crippen molar-refractivity contribution in [2.75, 3.05) is 6.54 Å². The Morgan fingerprint density at radius 3 is 2.35 bits per heavy atom. The predicted molar refractivity (Wildman–Crippen MR) is 83.6 cm³/mol. The Morgan fingerprint density at radius 1 is 1.30 bits per heavy atom. The van der Waals surface area contributed by atoms with Crippen molar-refractivity contribution in [3.05, 3.63) is 35.4 Å². The summed E-state index contributed by atoms with van der Waals surface area (Å²) < 4.78 is 0. The number of hydrogen-bond acceptors (Lipinski definition) is 2. The van der Waals surface area contributed by atoms with Gasteiger partial charge in [-0.25, -0.2) is 0 Å². The number of hydrogen-bond donors (Lipinski definition) is 2. The Kier molecular flexibility index (Phi) is 5.60. The standard InChI is InChI=1S/C16H23NO2.ClH/c1-16(2,3)13-6-4-11(5-7-13)8-12-9-14(15(18)19)17-10-12;/h4-7,12,14,17H,8-10H2,1-3H3,(H,18,19);1H/t12-,14+;/m0./s1. The van der Waals surface area contributed by atoms with E-state index in [1.54, 1.807) is 0 Å². The molecule has 2 atom stereocenters. The lowest BCUT2D eigenvalue weighted by Crippen LogP contribution is -2.29. The van der Waals surface area contributed by atoms with Gasteiger partial charge in [0.05, 0.1) is 0 Å². The summed E-state index contributed by atoms with van der Waals surface area (Å²) in [6, 6.07) is 8.36. The largest absolute Gasteiger partial charge is 0.480 e. The molecule has 1 aromatic rings. The molecule has 1 aliphatic heterocycles. The van der Waals surface area contributed by atoms with E-state index in [0.29, 0.717) is 5.92 Å². The zero-order valence-corrected chi connectivity index (χ0v) is 13.2. The molecule has 112 valence electrons. The molecule has 0 radical (unpaired) electrons. The minimum Gasteiger partial charge on any atom is -0.480 e. The maximum absolute atomic E-state index is 10.9. The molecule has 0 unspecified atom stereocenters. The Morgan fingerprint density at radius 2 is 1.90 bits per heavy atom. The van der Waals surface area contributed by atoms with Gasteiger partial charge in [-0.15, -0.1) is 12.4 Å². The first kappa shape index (κ1) is 17.0. The third-order valence-corrected chi connectivity index (χ3v) is 3.86. The van der Waals surface area contributed by atoms with Crippen LogP contribution in [0.25, 0.3) is 0 Å². The first-order valence-electron chi connectivity index (χ1n) is 6.92. The summed E-state index contributed by atoms with van der Waals surface area (Å²) in [5.41, 5.74) is 2.82. The lowest BCUT2D eigenvalue weighted by atomic mass is 9.86. The number of nitrogens with one attached hydrogen (secondary N) is 1. The van der Waals surface area contributed by atoms with Crippen molar-refractivity contribution in [1.82, 2.24) is 5.32 Å². The second kappa shape index (κ2) is 6.59. The van der Waals surface area contributed by atoms with Crippen LogP contribution >= 0.6 is 12.4 Å². The lowest BCUT2D eigenvalue weighted by Gasteiger charge is -2.19. The van der Waals surface area contributed by atoms with E-state index in [1.807, 2.05) is 0 Å². The molecule has 4 heteroatoms. The summed E-state index contributed by atoms with van der Waals surface area (Å²) in [5, 5.41) is 12.0. The maximum atomic E-state index is 10.9. The fraction of sp³-hybridized carbons (Fsp3) is 0.562. The van der Waals surface area contributed by atoms with Crippen LogP contribution in [0.3, 0.4) is 0 Å².